The van der Waals surface area contributed by atoms with Gasteiger partial charge < -0.3 is 9.13 Å². The lowest BCUT2D eigenvalue weighted by atomic mass is 9.95. The van der Waals surface area contributed by atoms with E-state index in [4.69, 9.17) is 0 Å². The van der Waals surface area contributed by atoms with Gasteiger partial charge in [0.25, 0.3) is 0 Å². The number of para-hydroxylation sites is 1. The molecular weight excluding hydrogens is 540 g/mol. The largest absolute Gasteiger partial charge is 0.313 e. The Bertz CT molecular complexity index is 2300. The van der Waals surface area contributed by atoms with Crippen LogP contribution in [0.3, 0.4) is 0 Å². The smallest absolute Gasteiger partial charge is 0.159 e. The number of rotatable bonds is 4. The second-order valence-electron chi connectivity index (χ2n) is 11.4. The first-order valence-corrected chi connectivity index (χ1v) is 15.2. The minimum absolute atomic E-state index is 0.733. The van der Waals surface area contributed by atoms with Crippen LogP contribution in [0.15, 0.2) is 122 Å². The van der Waals surface area contributed by atoms with Crippen molar-refractivity contribution in [3.05, 3.63) is 133 Å². The molecular formula is C38H28N6. The van der Waals surface area contributed by atoms with E-state index in [-0.39, 0.29) is 0 Å². The third-order valence-corrected chi connectivity index (χ3v) is 8.96. The zero-order valence-corrected chi connectivity index (χ0v) is 24.1. The Kier molecular flexibility index (Phi) is 5.66. The van der Waals surface area contributed by atoms with Gasteiger partial charge in [-0.1, -0.05) is 18.2 Å². The monoisotopic (exact) mass is 568 g/mol. The molecule has 0 N–H and O–H groups in total. The molecule has 6 heteroatoms. The van der Waals surface area contributed by atoms with Crippen LogP contribution in [-0.2, 0) is 12.8 Å². The van der Waals surface area contributed by atoms with Gasteiger partial charge in [0.1, 0.15) is 0 Å². The molecule has 0 spiro atoms. The zero-order valence-electron chi connectivity index (χ0n) is 24.1. The third-order valence-electron chi connectivity index (χ3n) is 8.96. The van der Waals surface area contributed by atoms with Gasteiger partial charge in [0, 0.05) is 69.1 Å². The predicted octanol–water partition coefficient (Wildman–Crippen LogP) is 8.52. The Morgan fingerprint density at radius 1 is 0.455 bits per heavy atom. The molecule has 0 fully saturated rings. The zero-order chi connectivity index (χ0) is 29.0. The second kappa shape index (κ2) is 9.99. The van der Waals surface area contributed by atoms with E-state index in [2.05, 4.69) is 114 Å². The van der Waals surface area contributed by atoms with Crippen molar-refractivity contribution >= 4 is 32.7 Å². The fraction of sp³-hybridized carbons (Fsp3) is 0.105. The topological polar surface area (TPSA) is 61.4 Å². The van der Waals surface area contributed by atoms with Crippen LogP contribution in [0.4, 0.5) is 0 Å². The molecule has 8 aromatic rings. The molecule has 0 unspecified atom stereocenters. The van der Waals surface area contributed by atoms with Crippen LogP contribution in [0.5, 0.6) is 0 Å². The van der Waals surface area contributed by atoms with E-state index in [0.29, 0.717) is 0 Å². The van der Waals surface area contributed by atoms with Crippen molar-refractivity contribution in [2.24, 2.45) is 0 Å². The van der Waals surface area contributed by atoms with Gasteiger partial charge in [0.2, 0.25) is 0 Å². The van der Waals surface area contributed by atoms with Gasteiger partial charge in [-0.15, -0.1) is 0 Å². The summed E-state index contributed by atoms with van der Waals surface area (Å²) in [4.78, 5) is 17.8. The predicted molar refractivity (Wildman–Crippen MR) is 176 cm³/mol. The van der Waals surface area contributed by atoms with Crippen molar-refractivity contribution in [1.82, 2.24) is 29.1 Å². The average molecular weight is 569 g/mol. The summed E-state index contributed by atoms with van der Waals surface area (Å²) in [6, 6.07) is 34.6. The standard InChI is InChI=1S/C38H28N6/c1-3-9-33-29(7-1)31-23-32-30-8-2-4-10-34(30)44(28-17-13-26(14-18-28)38-41-21-6-22-42-38)36(32)24-35(31)43(33)27-15-11-25(12-16-27)37-39-19-5-20-40-37/h1,3,5-7,9,11-24H,2,4,8,10H2. The van der Waals surface area contributed by atoms with Gasteiger partial charge in [0.05, 0.1) is 16.6 Å². The van der Waals surface area contributed by atoms with Crippen molar-refractivity contribution in [2.45, 2.75) is 25.7 Å². The number of aryl methyl sites for hydroxylation is 1. The first-order chi connectivity index (χ1) is 21.8. The fourth-order valence-corrected chi connectivity index (χ4v) is 6.99. The quantitative estimate of drug-likeness (QED) is 0.214. The van der Waals surface area contributed by atoms with Crippen molar-refractivity contribution in [2.75, 3.05) is 0 Å². The minimum atomic E-state index is 0.733. The van der Waals surface area contributed by atoms with Crippen LogP contribution in [0.2, 0.25) is 0 Å². The molecule has 0 radical (unpaired) electrons. The maximum atomic E-state index is 4.45. The Morgan fingerprint density at radius 3 is 1.68 bits per heavy atom. The molecule has 0 bridgehead atoms. The van der Waals surface area contributed by atoms with Crippen LogP contribution >= 0.6 is 0 Å². The van der Waals surface area contributed by atoms with Crippen molar-refractivity contribution in [3.63, 3.8) is 0 Å². The lowest BCUT2D eigenvalue weighted by molar-refractivity contribution is 0.667. The molecule has 44 heavy (non-hydrogen) atoms. The van der Waals surface area contributed by atoms with Crippen molar-refractivity contribution < 1.29 is 0 Å². The van der Waals surface area contributed by atoms with Crippen LogP contribution < -0.4 is 0 Å². The third kappa shape index (κ3) is 3.88. The minimum Gasteiger partial charge on any atom is -0.313 e. The maximum absolute atomic E-state index is 4.45. The number of hydrogen-bond donors (Lipinski definition) is 0. The number of benzene rings is 4. The highest BCUT2D eigenvalue weighted by atomic mass is 15.0. The van der Waals surface area contributed by atoms with Crippen LogP contribution in [-0.4, -0.2) is 29.1 Å². The molecule has 0 atom stereocenters. The number of fused-ring (bicyclic) bond motifs is 6. The number of hydrogen-bond acceptors (Lipinski definition) is 4. The summed E-state index contributed by atoms with van der Waals surface area (Å²) in [6.45, 7) is 0. The van der Waals surface area contributed by atoms with E-state index in [0.717, 1.165) is 41.3 Å². The molecule has 0 aliphatic heterocycles. The van der Waals surface area contributed by atoms with Gasteiger partial charge in [-0.25, -0.2) is 19.9 Å². The van der Waals surface area contributed by atoms with Gasteiger partial charge in [-0.3, -0.25) is 0 Å². The SMILES string of the molecule is c1cnc(-c2ccc(-n3c4c(c5cc6c7ccccc7n(-c7ccc(-c8ncccn8)cc7)c6cc53)CCCC4)cc2)nc1. The van der Waals surface area contributed by atoms with E-state index in [1.54, 1.807) is 24.8 Å². The van der Waals surface area contributed by atoms with Gasteiger partial charge in [-0.05, 0) is 110 Å². The Labute approximate surface area is 254 Å². The Balaban J connectivity index is 1.27. The first-order valence-electron chi connectivity index (χ1n) is 15.2. The van der Waals surface area contributed by atoms with Crippen LogP contribution in [0.1, 0.15) is 24.1 Å². The van der Waals surface area contributed by atoms with E-state index in [1.165, 1.54) is 62.5 Å². The number of aromatic nitrogens is 6. The van der Waals surface area contributed by atoms with Gasteiger partial charge >= 0.3 is 0 Å². The summed E-state index contributed by atoms with van der Waals surface area (Å²) in [6.07, 6.45) is 11.8. The normalized spacial score (nSPS) is 13.1. The lowest BCUT2D eigenvalue weighted by Gasteiger charge is -2.16. The van der Waals surface area contributed by atoms with Crippen LogP contribution in [0.25, 0.3) is 66.9 Å². The molecule has 9 rings (SSSR count). The number of nitrogens with zero attached hydrogens (tertiary/aromatic N) is 6. The first kappa shape index (κ1) is 24.9. The Morgan fingerprint density at radius 2 is 1.02 bits per heavy atom. The Hall–Kier alpha value is -5.62. The lowest BCUT2D eigenvalue weighted by Crippen LogP contribution is -2.06. The maximum Gasteiger partial charge on any atom is 0.159 e. The highest BCUT2D eigenvalue weighted by molar-refractivity contribution is 6.14. The van der Waals surface area contributed by atoms with Crippen molar-refractivity contribution in [1.29, 1.82) is 0 Å². The molecule has 4 heterocycles. The summed E-state index contributed by atoms with van der Waals surface area (Å²) in [5, 5.41) is 3.91. The van der Waals surface area contributed by atoms with Crippen molar-refractivity contribution in [3.8, 4) is 34.2 Å². The highest BCUT2D eigenvalue weighted by Crippen LogP contribution is 2.40. The van der Waals surface area contributed by atoms with E-state index in [9.17, 15) is 0 Å². The molecule has 210 valence electrons. The molecule has 4 aromatic heterocycles. The van der Waals surface area contributed by atoms with Gasteiger partial charge in [-0.2, -0.15) is 0 Å². The van der Waals surface area contributed by atoms with Crippen LogP contribution in [0, 0.1) is 0 Å². The fourth-order valence-electron chi connectivity index (χ4n) is 6.99. The molecule has 0 saturated carbocycles. The molecule has 0 saturated heterocycles. The molecule has 0 amide bonds. The summed E-state index contributed by atoms with van der Waals surface area (Å²) >= 11 is 0. The van der Waals surface area contributed by atoms with Gasteiger partial charge in [0.15, 0.2) is 11.6 Å². The summed E-state index contributed by atoms with van der Waals surface area (Å²) in [5.74, 6) is 1.48. The van der Waals surface area contributed by atoms with E-state index < -0.39 is 0 Å². The molecule has 1 aliphatic rings. The summed E-state index contributed by atoms with van der Waals surface area (Å²) in [5.41, 5.74) is 10.9. The second-order valence-corrected chi connectivity index (χ2v) is 11.4. The summed E-state index contributed by atoms with van der Waals surface area (Å²) in [7, 11) is 0. The summed E-state index contributed by atoms with van der Waals surface area (Å²) < 4.78 is 4.89. The molecule has 1 aliphatic carbocycles. The molecule has 4 aromatic carbocycles. The van der Waals surface area contributed by atoms with E-state index >= 15 is 0 Å². The highest BCUT2D eigenvalue weighted by Gasteiger charge is 2.23. The molecule has 6 nitrogen and oxygen atoms in total. The average Bonchev–Trinajstić information content (AvgIpc) is 3.60. The van der Waals surface area contributed by atoms with E-state index in [1.807, 2.05) is 12.1 Å².